The smallest absolute Gasteiger partial charge is 0.323 e. The number of carbonyl (C=O) groups is 1. The van der Waals surface area contributed by atoms with Gasteiger partial charge in [0.1, 0.15) is 5.82 Å². The Hall–Kier alpha value is -3.09. The number of imidazole rings is 1. The Balaban J connectivity index is 2.00. The van der Waals surface area contributed by atoms with Crippen LogP contribution in [0.3, 0.4) is 0 Å². The van der Waals surface area contributed by atoms with Crippen molar-refractivity contribution in [2.45, 2.75) is 0 Å². The van der Waals surface area contributed by atoms with Crippen LogP contribution < -0.4 is 16.7 Å². The highest BCUT2D eigenvalue weighted by Gasteiger charge is 2.09. The van der Waals surface area contributed by atoms with E-state index in [9.17, 15) is 9.59 Å². The maximum absolute atomic E-state index is 11.3. The average Bonchev–Trinajstić information content (AvgIpc) is 2.78. The van der Waals surface area contributed by atoms with Crippen molar-refractivity contribution < 1.29 is 4.79 Å². The van der Waals surface area contributed by atoms with Gasteiger partial charge >= 0.3 is 5.69 Å². The molecule has 0 bridgehead atoms. The Morgan fingerprint density at radius 1 is 1.20 bits per heavy atom. The van der Waals surface area contributed by atoms with Gasteiger partial charge in [0.15, 0.2) is 0 Å². The number of nitrogens with zero attached hydrogens (tertiary/aromatic N) is 1. The van der Waals surface area contributed by atoms with Crippen molar-refractivity contribution in [3.05, 3.63) is 52.6 Å². The third-order valence-electron chi connectivity index (χ3n) is 2.85. The van der Waals surface area contributed by atoms with Crippen LogP contribution in [0.4, 0.5) is 11.5 Å². The van der Waals surface area contributed by atoms with Crippen molar-refractivity contribution in [3.63, 3.8) is 0 Å². The largest absolute Gasteiger partial charge is 0.365 e. The lowest BCUT2D eigenvalue weighted by atomic mass is 10.2. The fourth-order valence-electron chi connectivity index (χ4n) is 1.95. The normalized spacial score (nSPS) is 10.6. The minimum atomic E-state index is -0.559. The first-order valence-electron chi connectivity index (χ1n) is 5.87. The van der Waals surface area contributed by atoms with Gasteiger partial charge in [-0.3, -0.25) is 4.79 Å². The van der Waals surface area contributed by atoms with Crippen LogP contribution in [0.1, 0.15) is 10.4 Å². The summed E-state index contributed by atoms with van der Waals surface area (Å²) >= 11 is 0. The number of rotatable bonds is 3. The number of H-pyrrole nitrogens is 2. The molecular formula is C13H11N5O2. The summed E-state index contributed by atoms with van der Waals surface area (Å²) in [5, 5.41) is 3.01. The molecule has 20 heavy (non-hydrogen) atoms. The second-order valence-electron chi connectivity index (χ2n) is 4.23. The zero-order valence-corrected chi connectivity index (χ0v) is 10.3. The van der Waals surface area contributed by atoms with Crippen LogP contribution in [0.25, 0.3) is 11.0 Å². The fraction of sp³-hybridized carbons (Fsp3) is 0. The molecule has 0 aliphatic heterocycles. The molecule has 0 fully saturated rings. The molecule has 0 aliphatic carbocycles. The molecule has 0 saturated heterocycles. The molecule has 2 heterocycles. The molecule has 0 atom stereocenters. The molecule has 2 aromatic heterocycles. The maximum Gasteiger partial charge on any atom is 0.323 e. The summed E-state index contributed by atoms with van der Waals surface area (Å²) in [7, 11) is 0. The van der Waals surface area contributed by atoms with Crippen LogP contribution in [-0.2, 0) is 0 Å². The van der Waals surface area contributed by atoms with Crippen molar-refractivity contribution in [2.24, 2.45) is 5.73 Å². The number of aromatic amines is 2. The number of nitrogens with two attached hydrogens (primary N) is 1. The standard InChI is InChI=1S/C13H11N5O2/c14-11(19)8-2-1-5-15-12(8)16-7-3-4-9-10(6-7)18-13(20)17-9/h1-6H,(H2,14,19)(H,15,16)(H2,17,18,20). The van der Waals surface area contributed by atoms with Gasteiger partial charge in [-0.25, -0.2) is 9.78 Å². The first kappa shape index (κ1) is 12.0. The number of amides is 1. The van der Waals surface area contributed by atoms with E-state index < -0.39 is 5.91 Å². The minimum absolute atomic E-state index is 0.271. The lowest BCUT2D eigenvalue weighted by molar-refractivity contribution is 0.100. The Kier molecular flexibility index (Phi) is 2.72. The number of primary amides is 1. The molecular weight excluding hydrogens is 258 g/mol. The predicted octanol–water partition coefficient (Wildman–Crippen LogP) is 1.09. The Bertz CT molecular complexity index is 849. The van der Waals surface area contributed by atoms with Gasteiger partial charge in [0, 0.05) is 11.9 Å². The summed E-state index contributed by atoms with van der Waals surface area (Å²) in [5.74, 6) is -0.186. The monoisotopic (exact) mass is 269 g/mol. The van der Waals surface area contributed by atoms with Crippen LogP contribution in [0.15, 0.2) is 41.3 Å². The van der Waals surface area contributed by atoms with Gasteiger partial charge in [-0.2, -0.15) is 0 Å². The van der Waals surface area contributed by atoms with Crippen molar-refractivity contribution in [2.75, 3.05) is 5.32 Å². The molecule has 7 heteroatoms. The van der Waals surface area contributed by atoms with Gasteiger partial charge in [0.05, 0.1) is 16.6 Å². The van der Waals surface area contributed by atoms with E-state index in [4.69, 9.17) is 5.73 Å². The highest BCUT2D eigenvalue weighted by molar-refractivity contribution is 5.98. The molecule has 0 unspecified atom stereocenters. The van der Waals surface area contributed by atoms with Crippen molar-refractivity contribution in [1.82, 2.24) is 15.0 Å². The second kappa shape index (κ2) is 4.54. The van der Waals surface area contributed by atoms with Crippen LogP contribution >= 0.6 is 0 Å². The molecule has 1 amide bonds. The van der Waals surface area contributed by atoms with Crippen LogP contribution in [-0.4, -0.2) is 20.9 Å². The molecule has 5 N–H and O–H groups in total. The summed E-state index contributed by atoms with van der Waals surface area (Å²) in [6.07, 6.45) is 1.56. The third-order valence-corrected chi connectivity index (χ3v) is 2.85. The zero-order chi connectivity index (χ0) is 14.1. The number of anilines is 2. The summed E-state index contributed by atoms with van der Waals surface area (Å²) in [4.78, 5) is 31.9. The topological polar surface area (TPSA) is 117 Å². The number of benzene rings is 1. The number of aromatic nitrogens is 3. The Morgan fingerprint density at radius 2 is 2.00 bits per heavy atom. The quantitative estimate of drug-likeness (QED) is 0.569. The highest BCUT2D eigenvalue weighted by atomic mass is 16.1. The van der Waals surface area contributed by atoms with Crippen LogP contribution in [0.5, 0.6) is 0 Å². The van der Waals surface area contributed by atoms with E-state index in [0.29, 0.717) is 28.1 Å². The number of carbonyl (C=O) groups excluding carboxylic acids is 1. The van der Waals surface area contributed by atoms with E-state index in [1.807, 2.05) is 0 Å². The molecule has 0 spiro atoms. The van der Waals surface area contributed by atoms with Crippen molar-refractivity contribution in [3.8, 4) is 0 Å². The molecule has 3 aromatic rings. The van der Waals surface area contributed by atoms with Crippen LogP contribution in [0.2, 0.25) is 0 Å². The molecule has 0 radical (unpaired) electrons. The summed E-state index contributed by atoms with van der Waals surface area (Å²) in [6.45, 7) is 0. The van der Waals surface area contributed by atoms with E-state index in [1.165, 1.54) is 0 Å². The van der Waals surface area contributed by atoms with E-state index in [2.05, 4.69) is 20.3 Å². The van der Waals surface area contributed by atoms with Crippen molar-refractivity contribution >= 4 is 28.4 Å². The van der Waals surface area contributed by atoms with Gasteiger partial charge in [-0.1, -0.05) is 0 Å². The first-order chi connectivity index (χ1) is 9.63. The second-order valence-corrected chi connectivity index (χ2v) is 4.23. The van der Waals surface area contributed by atoms with Gasteiger partial charge in [0.2, 0.25) is 0 Å². The number of fused-ring (bicyclic) bond motifs is 1. The van der Waals surface area contributed by atoms with E-state index >= 15 is 0 Å². The predicted molar refractivity (Wildman–Crippen MR) is 75.0 cm³/mol. The zero-order valence-electron chi connectivity index (χ0n) is 10.3. The highest BCUT2D eigenvalue weighted by Crippen LogP contribution is 2.20. The summed E-state index contributed by atoms with van der Waals surface area (Å²) in [6, 6.07) is 8.49. The number of hydrogen-bond donors (Lipinski definition) is 4. The number of nitrogens with one attached hydrogen (secondary N) is 3. The Labute approximate surface area is 112 Å². The molecule has 100 valence electrons. The Morgan fingerprint density at radius 3 is 2.80 bits per heavy atom. The SMILES string of the molecule is NC(=O)c1cccnc1Nc1ccc2[nH]c(=O)[nH]c2c1. The maximum atomic E-state index is 11.3. The van der Waals surface area contributed by atoms with E-state index in [1.54, 1.807) is 36.5 Å². The van der Waals surface area contributed by atoms with Gasteiger partial charge in [-0.05, 0) is 30.3 Å². The molecule has 3 rings (SSSR count). The van der Waals surface area contributed by atoms with Gasteiger partial charge in [0.25, 0.3) is 5.91 Å². The van der Waals surface area contributed by atoms with Gasteiger partial charge < -0.3 is 21.0 Å². The lowest BCUT2D eigenvalue weighted by Crippen LogP contribution is -2.14. The van der Waals surface area contributed by atoms with Crippen molar-refractivity contribution in [1.29, 1.82) is 0 Å². The fourth-order valence-corrected chi connectivity index (χ4v) is 1.95. The molecule has 7 nitrogen and oxygen atoms in total. The minimum Gasteiger partial charge on any atom is -0.365 e. The summed E-state index contributed by atoms with van der Waals surface area (Å²) in [5.41, 5.74) is 7.38. The van der Waals surface area contributed by atoms with Crippen LogP contribution in [0, 0.1) is 0 Å². The lowest BCUT2D eigenvalue weighted by Gasteiger charge is -2.08. The van der Waals surface area contributed by atoms with E-state index in [0.717, 1.165) is 0 Å². The number of pyridine rings is 1. The van der Waals surface area contributed by atoms with Gasteiger partial charge in [-0.15, -0.1) is 0 Å². The molecule has 1 aromatic carbocycles. The van der Waals surface area contributed by atoms with E-state index in [-0.39, 0.29) is 5.69 Å². The third kappa shape index (κ3) is 2.12. The molecule has 0 aliphatic rings. The summed E-state index contributed by atoms with van der Waals surface area (Å²) < 4.78 is 0. The first-order valence-corrected chi connectivity index (χ1v) is 5.87. The number of hydrogen-bond acceptors (Lipinski definition) is 4. The average molecular weight is 269 g/mol. The molecule has 0 saturated carbocycles.